The van der Waals surface area contributed by atoms with Crippen LogP contribution in [-0.4, -0.2) is 60.5 Å². The van der Waals surface area contributed by atoms with E-state index >= 15 is 0 Å². The normalized spacial score (nSPS) is 11.6. The van der Waals surface area contributed by atoms with Gasteiger partial charge in [0.25, 0.3) is 5.91 Å². The Morgan fingerprint density at radius 2 is 1.19 bits per heavy atom. The maximum atomic E-state index is 11.8. The van der Waals surface area contributed by atoms with Crippen LogP contribution in [0.5, 0.6) is 0 Å². The molecular formula is C26H35N3O8. The van der Waals surface area contributed by atoms with Crippen molar-refractivity contribution in [1.29, 1.82) is 0 Å². The number of carbonyl (C=O) groups excluding carboxylic acids is 3. The zero-order chi connectivity index (χ0) is 27.6. The number of hydrogen-bond donors (Lipinski definition) is 3. The lowest BCUT2D eigenvalue weighted by molar-refractivity contribution is -0.171. The average molecular weight is 518 g/mol. The Kier molecular flexibility index (Phi) is 14.5. The number of hydroxylamine groups is 2. The number of hydrogen-bond acceptors (Lipinski definition) is 7. The summed E-state index contributed by atoms with van der Waals surface area (Å²) in [6.07, 6.45) is -0.579. The summed E-state index contributed by atoms with van der Waals surface area (Å²) in [4.78, 5) is 50.3. The SMILES string of the molecule is CC[C@H](NC(=O)OCc1ccccc1)C(=O)N(C)OC.CC[C@H](NC(=O)OCc1ccccc1)C(=O)O. The summed E-state index contributed by atoms with van der Waals surface area (Å²) in [6, 6.07) is 16.9. The van der Waals surface area contributed by atoms with Gasteiger partial charge in [0.05, 0.1) is 7.11 Å². The molecule has 0 aliphatic rings. The van der Waals surface area contributed by atoms with Crippen LogP contribution in [0.2, 0.25) is 0 Å². The molecule has 37 heavy (non-hydrogen) atoms. The molecule has 0 radical (unpaired) electrons. The zero-order valence-electron chi connectivity index (χ0n) is 21.5. The number of rotatable bonds is 11. The Hall–Kier alpha value is -4.12. The van der Waals surface area contributed by atoms with Crippen LogP contribution in [0, 0.1) is 0 Å². The second-order valence-electron chi connectivity index (χ2n) is 7.69. The molecule has 0 spiro atoms. The molecule has 0 fully saturated rings. The van der Waals surface area contributed by atoms with Gasteiger partial charge in [0.2, 0.25) is 0 Å². The van der Waals surface area contributed by atoms with Crippen LogP contribution in [0.1, 0.15) is 37.8 Å². The lowest BCUT2D eigenvalue weighted by Gasteiger charge is -2.21. The molecule has 0 saturated carbocycles. The van der Waals surface area contributed by atoms with Gasteiger partial charge in [-0.3, -0.25) is 9.63 Å². The van der Waals surface area contributed by atoms with Gasteiger partial charge in [-0.25, -0.2) is 19.4 Å². The third-order valence-corrected chi connectivity index (χ3v) is 5.01. The van der Waals surface area contributed by atoms with Crippen LogP contribution >= 0.6 is 0 Å². The van der Waals surface area contributed by atoms with Crippen LogP contribution in [0.3, 0.4) is 0 Å². The first kappa shape index (κ1) is 30.9. The predicted molar refractivity (Wildman–Crippen MR) is 135 cm³/mol. The van der Waals surface area contributed by atoms with Crippen molar-refractivity contribution in [3.63, 3.8) is 0 Å². The monoisotopic (exact) mass is 517 g/mol. The molecule has 2 atom stereocenters. The third kappa shape index (κ3) is 12.4. The maximum absolute atomic E-state index is 11.8. The van der Waals surface area contributed by atoms with E-state index in [1.54, 1.807) is 13.8 Å². The standard InChI is InChI=1S/C14H20N2O4.C12H15NO4/c1-4-12(13(17)16(2)19-3)15-14(18)20-10-11-8-6-5-7-9-11;1-2-10(11(14)15)13-12(16)17-8-9-6-4-3-5-7-9/h5-9,12H,4,10H2,1-3H3,(H,15,18);3-7,10H,2,8H2,1H3,(H,13,16)(H,14,15)/t12-;10-/m00/s1. The van der Waals surface area contributed by atoms with E-state index in [1.165, 1.54) is 14.2 Å². The van der Waals surface area contributed by atoms with Crippen molar-refractivity contribution in [2.75, 3.05) is 14.2 Å². The van der Waals surface area contributed by atoms with Crippen molar-refractivity contribution in [2.24, 2.45) is 0 Å². The van der Waals surface area contributed by atoms with Crippen LogP contribution in [0.15, 0.2) is 60.7 Å². The van der Waals surface area contributed by atoms with Crippen molar-refractivity contribution in [1.82, 2.24) is 15.7 Å². The predicted octanol–water partition coefficient (Wildman–Crippen LogP) is 3.49. The number of ether oxygens (including phenoxy) is 2. The quantitative estimate of drug-likeness (QED) is 0.384. The van der Waals surface area contributed by atoms with Crippen LogP contribution in [0.4, 0.5) is 9.59 Å². The molecule has 2 rings (SSSR count). The molecule has 2 aromatic carbocycles. The number of nitrogens with one attached hydrogen (secondary N) is 2. The Morgan fingerprint density at radius 3 is 1.54 bits per heavy atom. The first-order valence-electron chi connectivity index (χ1n) is 11.7. The highest BCUT2D eigenvalue weighted by molar-refractivity contribution is 5.84. The van der Waals surface area contributed by atoms with E-state index < -0.39 is 30.2 Å². The summed E-state index contributed by atoms with van der Waals surface area (Å²) in [5, 5.41) is 14.6. The molecule has 3 amide bonds. The zero-order valence-corrected chi connectivity index (χ0v) is 21.5. The van der Waals surface area contributed by atoms with E-state index in [0.29, 0.717) is 12.8 Å². The summed E-state index contributed by atoms with van der Waals surface area (Å²) in [6.45, 7) is 3.76. The Labute approximate surface area is 216 Å². The van der Waals surface area contributed by atoms with Gasteiger partial charge in [-0.05, 0) is 24.0 Å². The van der Waals surface area contributed by atoms with Gasteiger partial charge in [0.15, 0.2) is 0 Å². The average Bonchev–Trinajstić information content (AvgIpc) is 2.92. The van der Waals surface area contributed by atoms with Crippen molar-refractivity contribution < 1.29 is 38.6 Å². The van der Waals surface area contributed by atoms with Crippen LogP contribution in [0.25, 0.3) is 0 Å². The second kappa shape index (κ2) is 17.3. The molecule has 0 aliphatic carbocycles. The third-order valence-electron chi connectivity index (χ3n) is 5.01. The summed E-state index contributed by atoms with van der Waals surface area (Å²) >= 11 is 0. The molecule has 0 bridgehead atoms. The Balaban J connectivity index is 0.000000375. The van der Waals surface area contributed by atoms with Crippen molar-refractivity contribution >= 4 is 24.1 Å². The van der Waals surface area contributed by atoms with E-state index in [2.05, 4.69) is 10.6 Å². The molecule has 3 N–H and O–H groups in total. The molecule has 0 aromatic heterocycles. The van der Waals surface area contributed by atoms with E-state index in [9.17, 15) is 19.2 Å². The number of alkyl carbamates (subject to hydrolysis) is 2. The molecular weight excluding hydrogens is 482 g/mol. The number of likely N-dealkylation sites (N-methyl/N-ethyl adjacent to an activating group) is 1. The van der Waals surface area contributed by atoms with Gasteiger partial charge in [-0.2, -0.15) is 0 Å². The summed E-state index contributed by atoms with van der Waals surface area (Å²) in [7, 11) is 2.88. The van der Waals surface area contributed by atoms with Gasteiger partial charge in [-0.1, -0.05) is 74.5 Å². The highest BCUT2D eigenvalue weighted by atomic mass is 16.7. The van der Waals surface area contributed by atoms with Crippen molar-refractivity contribution in [3.8, 4) is 0 Å². The maximum Gasteiger partial charge on any atom is 0.408 e. The van der Waals surface area contributed by atoms with Gasteiger partial charge in [0.1, 0.15) is 25.3 Å². The highest BCUT2D eigenvalue weighted by Gasteiger charge is 2.23. The van der Waals surface area contributed by atoms with Crippen LogP contribution < -0.4 is 10.6 Å². The fourth-order valence-corrected chi connectivity index (χ4v) is 2.80. The Bertz CT molecular complexity index is 972. The minimum absolute atomic E-state index is 0.128. The first-order valence-corrected chi connectivity index (χ1v) is 11.7. The van der Waals surface area contributed by atoms with E-state index in [0.717, 1.165) is 16.2 Å². The number of carbonyl (C=O) groups is 4. The topological polar surface area (TPSA) is 144 Å². The molecule has 0 saturated heterocycles. The molecule has 202 valence electrons. The lowest BCUT2D eigenvalue weighted by Crippen LogP contribution is -2.46. The second-order valence-corrected chi connectivity index (χ2v) is 7.69. The fraction of sp³-hybridized carbons (Fsp3) is 0.385. The summed E-state index contributed by atoms with van der Waals surface area (Å²) in [5.41, 5.74) is 1.74. The van der Waals surface area contributed by atoms with E-state index in [4.69, 9.17) is 19.4 Å². The number of aliphatic carboxylic acids is 1. The van der Waals surface area contributed by atoms with Gasteiger partial charge in [-0.15, -0.1) is 0 Å². The molecule has 0 aliphatic heterocycles. The minimum Gasteiger partial charge on any atom is -0.480 e. The highest BCUT2D eigenvalue weighted by Crippen LogP contribution is 2.03. The number of nitrogens with zero attached hydrogens (tertiary/aromatic N) is 1. The summed E-state index contributed by atoms with van der Waals surface area (Å²) < 4.78 is 9.96. The van der Waals surface area contributed by atoms with Crippen molar-refractivity contribution in [3.05, 3.63) is 71.8 Å². The van der Waals surface area contributed by atoms with Gasteiger partial charge in [0, 0.05) is 7.05 Å². The van der Waals surface area contributed by atoms with Crippen LogP contribution in [-0.2, 0) is 37.1 Å². The lowest BCUT2D eigenvalue weighted by atomic mass is 10.2. The number of amides is 3. The van der Waals surface area contributed by atoms with Gasteiger partial charge >= 0.3 is 18.2 Å². The van der Waals surface area contributed by atoms with E-state index in [1.807, 2.05) is 60.7 Å². The Morgan fingerprint density at radius 1 is 0.784 bits per heavy atom. The fourth-order valence-electron chi connectivity index (χ4n) is 2.80. The van der Waals surface area contributed by atoms with E-state index in [-0.39, 0.29) is 19.1 Å². The largest absolute Gasteiger partial charge is 0.480 e. The number of carboxylic acid groups (broad SMARTS) is 1. The minimum atomic E-state index is -1.07. The number of carboxylic acids is 1. The first-order chi connectivity index (χ1) is 17.7. The number of benzene rings is 2. The van der Waals surface area contributed by atoms with Gasteiger partial charge < -0.3 is 25.2 Å². The molecule has 2 aromatic rings. The van der Waals surface area contributed by atoms with Crippen molar-refractivity contribution in [2.45, 2.75) is 52.0 Å². The smallest absolute Gasteiger partial charge is 0.408 e. The summed E-state index contributed by atoms with van der Waals surface area (Å²) in [5.74, 6) is -1.39. The molecule has 0 unspecified atom stereocenters. The molecule has 11 heteroatoms. The molecule has 0 heterocycles. The molecule has 11 nitrogen and oxygen atoms in total.